The summed E-state index contributed by atoms with van der Waals surface area (Å²) in [6.45, 7) is 14.4. The van der Waals surface area contributed by atoms with Crippen molar-refractivity contribution in [1.82, 2.24) is 21.3 Å². The van der Waals surface area contributed by atoms with Crippen LogP contribution in [-0.2, 0) is 0 Å². The lowest BCUT2D eigenvalue weighted by Gasteiger charge is -2.23. The molecule has 0 aliphatic carbocycles. The van der Waals surface area contributed by atoms with Crippen molar-refractivity contribution in [2.45, 2.75) is 71.9 Å². The lowest BCUT2D eigenvalue weighted by atomic mass is 10.1. The average molecular weight is 333 g/mol. The second kappa shape index (κ2) is 9.41. The molecule has 124 valence electrons. The molecule has 0 unspecified atom stereocenters. The van der Waals surface area contributed by atoms with E-state index in [-0.39, 0.29) is 11.1 Å². The molecule has 0 rings (SSSR count). The molecule has 21 heavy (non-hydrogen) atoms. The van der Waals surface area contributed by atoms with E-state index in [0.717, 1.165) is 42.6 Å². The van der Waals surface area contributed by atoms with E-state index in [1.807, 2.05) is 0 Å². The second-order valence-corrected chi connectivity index (χ2v) is 8.14. The Morgan fingerprint density at radius 3 is 1.29 bits per heavy atom. The molecule has 0 amide bonds. The maximum absolute atomic E-state index is 5.23. The normalized spacial score (nSPS) is 11.7. The van der Waals surface area contributed by atoms with Crippen LogP contribution in [0.4, 0.5) is 0 Å². The fourth-order valence-corrected chi connectivity index (χ4v) is 2.42. The van der Waals surface area contributed by atoms with Gasteiger partial charge in [-0.25, -0.2) is 0 Å². The minimum absolute atomic E-state index is 0.0176. The van der Waals surface area contributed by atoms with Gasteiger partial charge < -0.3 is 21.3 Å². The van der Waals surface area contributed by atoms with Crippen LogP contribution in [0.15, 0.2) is 0 Å². The number of rotatable bonds is 6. The van der Waals surface area contributed by atoms with Gasteiger partial charge in [0.15, 0.2) is 10.2 Å². The summed E-state index contributed by atoms with van der Waals surface area (Å²) in [5.74, 6) is 0. The molecule has 0 atom stereocenters. The monoisotopic (exact) mass is 332 g/mol. The zero-order valence-electron chi connectivity index (χ0n) is 14.4. The first-order valence-corrected chi connectivity index (χ1v) is 8.43. The highest BCUT2D eigenvalue weighted by molar-refractivity contribution is 7.80. The second-order valence-electron chi connectivity index (χ2n) is 7.32. The van der Waals surface area contributed by atoms with Crippen molar-refractivity contribution in [3.63, 3.8) is 0 Å². The van der Waals surface area contributed by atoms with Crippen LogP contribution in [0.25, 0.3) is 0 Å². The molecule has 0 saturated heterocycles. The molecule has 4 N–H and O–H groups in total. The fraction of sp³-hybridized carbons (Fsp3) is 0.867. The molecule has 0 bridgehead atoms. The van der Waals surface area contributed by atoms with Gasteiger partial charge in [-0.1, -0.05) is 0 Å². The van der Waals surface area contributed by atoms with Crippen molar-refractivity contribution in [2.24, 2.45) is 0 Å². The Balaban J connectivity index is 3.49. The first-order chi connectivity index (χ1) is 9.49. The Morgan fingerprint density at radius 1 is 0.667 bits per heavy atom. The van der Waals surface area contributed by atoms with Crippen molar-refractivity contribution in [2.75, 3.05) is 13.1 Å². The molecule has 0 heterocycles. The van der Waals surface area contributed by atoms with E-state index in [2.05, 4.69) is 62.8 Å². The van der Waals surface area contributed by atoms with E-state index in [0.29, 0.717) is 0 Å². The highest BCUT2D eigenvalue weighted by Gasteiger charge is 2.11. The summed E-state index contributed by atoms with van der Waals surface area (Å²) < 4.78 is 0. The lowest BCUT2D eigenvalue weighted by molar-refractivity contribution is 0.503. The van der Waals surface area contributed by atoms with Gasteiger partial charge in [0.1, 0.15) is 0 Å². The molecule has 0 aromatic rings. The minimum Gasteiger partial charge on any atom is -0.363 e. The molecular weight excluding hydrogens is 300 g/mol. The van der Waals surface area contributed by atoms with Gasteiger partial charge in [-0.15, -0.1) is 0 Å². The van der Waals surface area contributed by atoms with Gasteiger partial charge in [-0.2, -0.15) is 0 Å². The summed E-state index contributed by atoms with van der Waals surface area (Å²) in [6, 6.07) is 0. The van der Waals surface area contributed by atoms with Crippen LogP contribution < -0.4 is 21.3 Å². The van der Waals surface area contributed by atoms with E-state index < -0.39 is 0 Å². The van der Waals surface area contributed by atoms with Crippen molar-refractivity contribution in [3.05, 3.63) is 0 Å². The van der Waals surface area contributed by atoms with Crippen LogP contribution in [0.5, 0.6) is 0 Å². The topological polar surface area (TPSA) is 48.1 Å². The minimum atomic E-state index is 0.0176. The Kier molecular flexibility index (Phi) is 9.13. The number of unbranched alkanes of at least 4 members (excludes halogenated alkanes) is 2. The van der Waals surface area contributed by atoms with E-state index in [9.17, 15) is 0 Å². The highest BCUT2D eigenvalue weighted by atomic mass is 32.1. The average Bonchev–Trinajstić information content (AvgIpc) is 2.22. The number of hydrogen-bond acceptors (Lipinski definition) is 2. The molecule has 0 spiro atoms. The van der Waals surface area contributed by atoms with Gasteiger partial charge >= 0.3 is 0 Å². The van der Waals surface area contributed by atoms with Crippen LogP contribution in [0.2, 0.25) is 0 Å². The third-order valence-electron chi connectivity index (χ3n) is 2.40. The predicted molar refractivity (Wildman–Crippen MR) is 101 cm³/mol. The van der Waals surface area contributed by atoms with Gasteiger partial charge in [0.25, 0.3) is 0 Å². The number of thiocarbonyl (C=S) groups is 2. The van der Waals surface area contributed by atoms with Crippen molar-refractivity contribution in [3.8, 4) is 0 Å². The van der Waals surface area contributed by atoms with Crippen molar-refractivity contribution in [1.29, 1.82) is 0 Å². The lowest BCUT2D eigenvalue weighted by Crippen LogP contribution is -2.46. The number of hydrogen-bond donors (Lipinski definition) is 4. The fourth-order valence-electron chi connectivity index (χ4n) is 1.60. The first-order valence-electron chi connectivity index (χ1n) is 7.62. The Morgan fingerprint density at radius 2 is 1.00 bits per heavy atom. The zero-order valence-corrected chi connectivity index (χ0v) is 16.0. The Bertz CT molecular complexity index is 298. The molecule has 0 aliphatic heterocycles. The quantitative estimate of drug-likeness (QED) is 0.443. The van der Waals surface area contributed by atoms with Crippen LogP contribution >= 0.6 is 24.4 Å². The van der Waals surface area contributed by atoms with Gasteiger partial charge in [0, 0.05) is 24.2 Å². The molecule has 0 aromatic heterocycles. The van der Waals surface area contributed by atoms with E-state index in [1.54, 1.807) is 0 Å². The molecule has 6 heteroatoms. The van der Waals surface area contributed by atoms with E-state index in [1.165, 1.54) is 0 Å². The highest BCUT2D eigenvalue weighted by Crippen LogP contribution is 1.99. The summed E-state index contributed by atoms with van der Waals surface area (Å²) in [4.78, 5) is 0. The molecular formula is C15H32N4S2. The van der Waals surface area contributed by atoms with Crippen LogP contribution in [0.3, 0.4) is 0 Å². The van der Waals surface area contributed by atoms with Gasteiger partial charge in [0.05, 0.1) is 0 Å². The SMILES string of the molecule is CC(C)(C)NC(=S)NCCCCCNC(=S)NC(C)(C)C. The summed E-state index contributed by atoms with van der Waals surface area (Å²) in [6.07, 6.45) is 3.36. The Labute approximate surface area is 141 Å². The maximum atomic E-state index is 5.23. The van der Waals surface area contributed by atoms with Crippen molar-refractivity contribution >= 4 is 34.7 Å². The van der Waals surface area contributed by atoms with Gasteiger partial charge in [-0.05, 0) is 85.2 Å². The van der Waals surface area contributed by atoms with E-state index >= 15 is 0 Å². The summed E-state index contributed by atoms with van der Waals surface area (Å²) in [7, 11) is 0. The largest absolute Gasteiger partial charge is 0.363 e. The third-order valence-corrected chi connectivity index (χ3v) is 2.89. The van der Waals surface area contributed by atoms with Gasteiger partial charge in [0.2, 0.25) is 0 Å². The maximum Gasteiger partial charge on any atom is 0.166 e. The smallest absolute Gasteiger partial charge is 0.166 e. The predicted octanol–water partition coefficient (Wildman–Crippen LogP) is 2.68. The first kappa shape index (κ1) is 20.4. The molecule has 0 saturated carbocycles. The van der Waals surface area contributed by atoms with Crippen molar-refractivity contribution < 1.29 is 0 Å². The molecule has 0 radical (unpaired) electrons. The Hall–Kier alpha value is -0.620. The van der Waals surface area contributed by atoms with Crippen LogP contribution in [-0.4, -0.2) is 34.4 Å². The van der Waals surface area contributed by atoms with Crippen LogP contribution in [0.1, 0.15) is 60.8 Å². The molecule has 0 aromatic carbocycles. The summed E-state index contributed by atoms with van der Waals surface area (Å²) in [5, 5.41) is 14.4. The molecule has 0 fully saturated rings. The summed E-state index contributed by atoms with van der Waals surface area (Å²) >= 11 is 10.5. The third kappa shape index (κ3) is 15.6. The van der Waals surface area contributed by atoms with E-state index in [4.69, 9.17) is 24.4 Å². The molecule has 4 nitrogen and oxygen atoms in total. The standard InChI is InChI=1S/C15H32N4S2/c1-14(2,3)18-12(20)16-10-8-7-9-11-17-13(21)19-15(4,5)6/h7-11H2,1-6H3,(H2,16,18,20)(H2,17,19,21). The molecule has 0 aliphatic rings. The van der Waals surface area contributed by atoms with Crippen LogP contribution in [0, 0.1) is 0 Å². The number of nitrogens with one attached hydrogen (secondary N) is 4. The zero-order chi connectivity index (χ0) is 16.5. The summed E-state index contributed by atoms with van der Waals surface area (Å²) in [5.41, 5.74) is 0.0352. The van der Waals surface area contributed by atoms with Gasteiger partial charge in [-0.3, -0.25) is 0 Å².